The van der Waals surface area contributed by atoms with Crippen LogP contribution in [0.15, 0.2) is 22.7 Å². The van der Waals surface area contributed by atoms with Gasteiger partial charge in [-0.1, -0.05) is 28.9 Å². The molecule has 2 rings (SSSR count). The normalized spacial score (nSPS) is 16.9. The van der Waals surface area contributed by atoms with Gasteiger partial charge in [0.1, 0.15) is 6.04 Å². The maximum atomic E-state index is 11.9. The molecule has 0 aliphatic carbocycles. The number of anilines is 1. The molecule has 0 saturated heterocycles. The summed E-state index contributed by atoms with van der Waals surface area (Å²) in [6.07, 6.45) is 0.893. The van der Waals surface area contributed by atoms with E-state index >= 15 is 0 Å². The quantitative estimate of drug-likeness (QED) is 0.769. The number of carbonyl (C=O) groups is 2. The van der Waals surface area contributed by atoms with E-state index in [1.807, 2.05) is 25.1 Å². The van der Waals surface area contributed by atoms with E-state index in [1.165, 1.54) is 0 Å². The predicted octanol–water partition coefficient (Wildman–Crippen LogP) is 1.56. The number of hydrogen-bond donors (Lipinski definition) is 3. The summed E-state index contributed by atoms with van der Waals surface area (Å²) in [5, 5.41) is 8.54. The van der Waals surface area contributed by atoms with Gasteiger partial charge in [0.2, 0.25) is 11.8 Å². The number of rotatable bonds is 5. The highest BCUT2D eigenvalue weighted by molar-refractivity contribution is 9.10. The molecular formula is C13H16BrN3O2. The van der Waals surface area contributed by atoms with Crippen molar-refractivity contribution in [2.45, 2.75) is 19.4 Å². The Morgan fingerprint density at radius 1 is 1.47 bits per heavy atom. The zero-order valence-electron chi connectivity index (χ0n) is 10.6. The first-order valence-electron chi connectivity index (χ1n) is 6.23. The number of benzene rings is 1. The zero-order valence-corrected chi connectivity index (χ0v) is 12.2. The molecule has 6 heteroatoms. The summed E-state index contributed by atoms with van der Waals surface area (Å²) in [7, 11) is 0. The summed E-state index contributed by atoms with van der Waals surface area (Å²) in [5.41, 5.74) is 1.64. The Morgan fingerprint density at radius 3 is 3.00 bits per heavy atom. The maximum absolute atomic E-state index is 11.9. The number of hydrogen-bond acceptors (Lipinski definition) is 3. The molecule has 3 N–H and O–H groups in total. The molecule has 0 spiro atoms. The third-order valence-corrected chi connectivity index (χ3v) is 3.59. The van der Waals surface area contributed by atoms with Crippen molar-refractivity contribution in [2.24, 2.45) is 0 Å². The molecule has 1 aliphatic heterocycles. The molecule has 1 aliphatic rings. The fourth-order valence-electron chi connectivity index (χ4n) is 1.99. The molecule has 0 radical (unpaired) electrons. The number of nitrogens with one attached hydrogen (secondary N) is 3. The Hall–Kier alpha value is -1.40. The van der Waals surface area contributed by atoms with E-state index in [0.29, 0.717) is 6.54 Å². The average Bonchev–Trinajstić information content (AvgIpc) is 2.71. The lowest BCUT2D eigenvalue weighted by Crippen LogP contribution is -2.38. The zero-order chi connectivity index (χ0) is 13.8. The van der Waals surface area contributed by atoms with Crippen LogP contribution in [0, 0.1) is 0 Å². The van der Waals surface area contributed by atoms with E-state index in [4.69, 9.17) is 0 Å². The Balaban J connectivity index is 2.02. The summed E-state index contributed by atoms with van der Waals surface area (Å²) in [6, 6.07) is 5.10. The van der Waals surface area contributed by atoms with Gasteiger partial charge in [0.25, 0.3) is 0 Å². The van der Waals surface area contributed by atoms with Gasteiger partial charge in [-0.15, -0.1) is 0 Å². The smallest absolute Gasteiger partial charge is 0.246 e. The van der Waals surface area contributed by atoms with Gasteiger partial charge < -0.3 is 10.6 Å². The van der Waals surface area contributed by atoms with Gasteiger partial charge >= 0.3 is 0 Å². The molecular weight excluding hydrogens is 310 g/mol. The Labute approximate surface area is 120 Å². The molecule has 0 bridgehead atoms. The number of amides is 2. The van der Waals surface area contributed by atoms with Crippen LogP contribution in [0.4, 0.5) is 5.69 Å². The van der Waals surface area contributed by atoms with Gasteiger partial charge in [-0.3, -0.25) is 14.9 Å². The van der Waals surface area contributed by atoms with Crippen molar-refractivity contribution in [2.75, 3.05) is 18.4 Å². The van der Waals surface area contributed by atoms with Gasteiger partial charge in [0.05, 0.1) is 6.54 Å². The van der Waals surface area contributed by atoms with Gasteiger partial charge in [-0.25, -0.2) is 0 Å². The first kappa shape index (κ1) is 14.0. The minimum atomic E-state index is -0.488. The molecule has 1 heterocycles. The van der Waals surface area contributed by atoms with E-state index in [-0.39, 0.29) is 18.4 Å². The summed E-state index contributed by atoms with van der Waals surface area (Å²) in [5.74, 6) is -0.236. The Bertz CT molecular complexity index is 505. The van der Waals surface area contributed by atoms with Crippen LogP contribution in [-0.4, -0.2) is 24.9 Å². The highest BCUT2D eigenvalue weighted by Gasteiger charge is 2.32. The fraction of sp³-hybridized carbons (Fsp3) is 0.385. The van der Waals surface area contributed by atoms with Crippen LogP contribution >= 0.6 is 15.9 Å². The SMILES string of the molecule is CCCNC(=O)CNC1C(=O)Nc2cccc(Br)c21. The lowest BCUT2D eigenvalue weighted by atomic mass is 10.1. The molecule has 1 aromatic carbocycles. The van der Waals surface area contributed by atoms with Gasteiger partial charge in [0.15, 0.2) is 0 Å². The summed E-state index contributed by atoms with van der Waals surface area (Å²) in [6.45, 7) is 2.77. The molecule has 0 saturated carbocycles. The molecule has 1 unspecified atom stereocenters. The van der Waals surface area contributed by atoms with Crippen molar-refractivity contribution >= 4 is 33.4 Å². The lowest BCUT2D eigenvalue weighted by Gasteiger charge is -2.12. The molecule has 0 fully saturated rings. The molecule has 0 aromatic heterocycles. The predicted molar refractivity (Wildman–Crippen MR) is 76.8 cm³/mol. The van der Waals surface area contributed by atoms with Crippen LogP contribution < -0.4 is 16.0 Å². The van der Waals surface area contributed by atoms with Crippen molar-refractivity contribution in [1.29, 1.82) is 0 Å². The van der Waals surface area contributed by atoms with E-state index < -0.39 is 6.04 Å². The molecule has 1 aromatic rings. The number of fused-ring (bicyclic) bond motifs is 1. The molecule has 19 heavy (non-hydrogen) atoms. The van der Waals surface area contributed by atoms with Crippen LogP contribution in [0.5, 0.6) is 0 Å². The highest BCUT2D eigenvalue weighted by atomic mass is 79.9. The van der Waals surface area contributed by atoms with Crippen LogP contribution in [0.1, 0.15) is 24.9 Å². The van der Waals surface area contributed by atoms with Crippen molar-refractivity contribution in [1.82, 2.24) is 10.6 Å². The maximum Gasteiger partial charge on any atom is 0.246 e. The van der Waals surface area contributed by atoms with Crippen molar-refractivity contribution in [3.8, 4) is 0 Å². The average molecular weight is 326 g/mol. The Kier molecular flexibility index (Phi) is 4.55. The van der Waals surface area contributed by atoms with Crippen molar-refractivity contribution in [3.63, 3.8) is 0 Å². The van der Waals surface area contributed by atoms with E-state index in [0.717, 1.165) is 22.1 Å². The van der Waals surface area contributed by atoms with Crippen molar-refractivity contribution < 1.29 is 9.59 Å². The lowest BCUT2D eigenvalue weighted by molar-refractivity contribution is -0.121. The Morgan fingerprint density at radius 2 is 2.26 bits per heavy atom. The molecule has 1 atom stereocenters. The number of carbonyl (C=O) groups excluding carboxylic acids is 2. The molecule has 2 amide bonds. The summed E-state index contributed by atoms with van der Waals surface area (Å²) < 4.78 is 0.856. The van der Waals surface area contributed by atoms with Crippen LogP contribution in [-0.2, 0) is 9.59 Å². The highest BCUT2D eigenvalue weighted by Crippen LogP contribution is 2.36. The third-order valence-electron chi connectivity index (χ3n) is 2.90. The largest absolute Gasteiger partial charge is 0.355 e. The van der Waals surface area contributed by atoms with E-state index in [2.05, 4.69) is 31.9 Å². The minimum Gasteiger partial charge on any atom is -0.355 e. The standard InChI is InChI=1S/C13H16BrN3O2/c1-2-6-15-10(18)7-16-12-11-8(14)4-3-5-9(11)17-13(12)19/h3-5,12,16H,2,6-7H2,1H3,(H,15,18)(H,17,19). The van der Waals surface area contributed by atoms with E-state index in [9.17, 15) is 9.59 Å². The minimum absolute atomic E-state index is 0.102. The summed E-state index contributed by atoms with van der Waals surface area (Å²) >= 11 is 3.43. The molecule has 5 nitrogen and oxygen atoms in total. The fourth-order valence-corrected chi connectivity index (χ4v) is 2.59. The van der Waals surface area contributed by atoms with Crippen LogP contribution in [0.25, 0.3) is 0 Å². The molecule has 102 valence electrons. The monoisotopic (exact) mass is 325 g/mol. The topological polar surface area (TPSA) is 70.2 Å². The van der Waals surface area contributed by atoms with Crippen molar-refractivity contribution in [3.05, 3.63) is 28.2 Å². The van der Waals surface area contributed by atoms with Crippen LogP contribution in [0.3, 0.4) is 0 Å². The third kappa shape index (κ3) is 3.13. The van der Waals surface area contributed by atoms with E-state index in [1.54, 1.807) is 0 Å². The second-order valence-corrected chi connectivity index (χ2v) is 5.21. The summed E-state index contributed by atoms with van der Waals surface area (Å²) in [4.78, 5) is 23.4. The number of halogens is 1. The second kappa shape index (κ2) is 6.16. The second-order valence-electron chi connectivity index (χ2n) is 4.35. The van der Waals surface area contributed by atoms with Gasteiger partial charge in [0, 0.05) is 22.3 Å². The van der Waals surface area contributed by atoms with Gasteiger partial charge in [-0.2, -0.15) is 0 Å². The van der Waals surface area contributed by atoms with Crippen LogP contribution in [0.2, 0.25) is 0 Å². The van der Waals surface area contributed by atoms with Gasteiger partial charge in [-0.05, 0) is 18.6 Å². The first-order chi connectivity index (χ1) is 9.13. The first-order valence-corrected chi connectivity index (χ1v) is 7.02.